The Morgan fingerprint density at radius 1 is 0.907 bits per heavy atom. The Morgan fingerprint density at radius 2 is 1.53 bits per heavy atom. The number of amides is 2. The second-order valence-corrected chi connectivity index (χ2v) is 13.2. The molecule has 0 spiro atoms. The van der Waals surface area contributed by atoms with Gasteiger partial charge in [-0.15, -0.1) is 0 Å². The van der Waals surface area contributed by atoms with Crippen molar-refractivity contribution in [2.24, 2.45) is 0 Å². The highest BCUT2D eigenvalue weighted by Crippen LogP contribution is 2.32. The van der Waals surface area contributed by atoms with Gasteiger partial charge in [-0.3, -0.25) is 13.9 Å². The lowest BCUT2D eigenvalue weighted by Gasteiger charge is -2.34. The monoisotopic (exact) mass is 609 g/mol. The van der Waals surface area contributed by atoms with Gasteiger partial charge in [-0.05, 0) is 70.4 Å². The minimum Gasteiger partial charge on any atom is -0.493 e. The first-order chi connectivity index (χ1) is 20.3. The van der Waals surface area contributed by atoms with E-state index in [-0.39, 0.29) is 23.1 Å². The number of carbonyl (C=O) groups excluding carboxylic acids is 2. The molecule has 0 saturated carbocycles. The summed E-state index contributed by atoms with van der Waals surface area (Å²) in [5, 5.41) is 2.98. The molecule has 1 N–H and O–H groups in total. The highest BCUT2D eigenvalue weighted by atomic mass is 32.2. The molecule has 0 aromatic heterocycles. The van der Waals surface area contributed by atoms with Crippen LogP contribution in [0, 0.1) is 6.92 Å². The van der Waals surface area contributed by atoms with E-state index in [1.54, 1.807) is 24.3 Å². The van der Waals surface area contributed by atoms with Crippen molar-refractivity contribution >= 4 is 27.5 Å². The van der Waals surface area contributed by atoms with Crippen molar-refractivity contribution < 1.29 is 27.5 Å². The van der Waals surface area contributed by atoms with Gasteiger partial charge >= 0.3 is 0 Å². The van der Waals surface area contributed by atoms with Gasteiger partial charge in [0, 0.05) is 18.2 Å². The molecule has 0 fully saturated rings. The minimum absolute atomic E-state index is 0.0631. The summed E-state index contributed by atoms with van der Waals surface area (Å²) in [5.74, 6) is -0.159. The normalized spacial score (nSPS) is 12.3. The maximum atomic E-state index is 14.2. The molecule has 0 aliphatic heterocycles. The fraction of sp³-hybridized carbons (Fsp3) is 0.394. The maximum Gasteiger partial charge on any atom is 0.264 e. The highest BCUT2D eigenvalue weighted by molar-refractivity contribution is 7.92. The number of aryl methyl sites for hydroxylation is 1. The molecule has 0 aliphatic carbocycles. The van der Waals surface area contributed by atoms with E-state index >= 15 is 0 Å². The van der Waals surface area contributed by atoms with E-state index in [0.29, 0.717) is 24.3 Å². The van der Waals surface area contributed by atoms with Crippen LogP contribution >= 0.6 is 0 Å². The van der Waals surface area contributed by atoms with E-state index in [2.05, 4.69) is 5.32 Å². The SMILES string of the molecule is CCC(C(=O)NC(C)(C)C)N(CCc1ccccc1)C(=O)CN(c1ccc(C)cc1)S(=O)(=O)c1ccc(OC)c(OC)c1. The third-order valence-corrected chi connectivity index (χ3v) is 8.68. The first-order valence-corrected chi connectivity index (χ1v) is 15.7. The van der Waals surface area contributed by atoms with Crippen LogP contribution in [0.4, 0.5) is 5.69 Å². The number of ether oxygens (including phenoxy) is 2. The van der Waals surface area contributed by atoms with Gasteiger partial charge in [-0.2, -0.15) is 0 Å². The van der Waals surface area contributed by atoms with Crippen LogP contribution in [0.5, 0.6) is 11.5 Å². The molecule has 232 valence electrons. The average Bonchev–Trinajstić information content (AvgIpc) is 2.97. The van der Waals surface area contributed by atoms with Crippen molar-refractivity contribution in [3.63, 3.8) is 0 Å². The van der Waals surface area contributed by atoms with Gasteiger partial charge in [0.05, 0.1) is 24.8 Å². The molecule has 3 rings (SSSR count). The second-order valence-electron chi connectivity index (χ2n) is 11.4. The smallest absolute Gasteiger partial charge is 0.264 e. The standard InChI is InChI=1S/C33H43N3O6S/c1-8-28(32(38)34-33(3,4)5)35(21-20-25-12-10-9-11-13-25)31(37)23-36(26-16-14-24(2)15-17-26)43(39,40)27-18-19-29(41-6)30(22-27)42-7/h9-19,22,28H,8,20-21,23H2,1-7H3,(H,34,38). The van der Waals surface area contributed by atoms with E-state index in [0.717, 1.165) is 15.4 Å². The lowest BCUT2D eigenvalue weighted by atomic mass is 10.1. The van der Waals surface area contributed by atoms with Crippen LogP contribution in [0.15, 0.2) is 77.7 Å². The Hall–Kier alpha value is -4.05. The van der Waals surface area contributed by atoms with Crippen molar-refractivity contribution in [1.29, 1.82) is 0 Å². The molecule has 0 bridgehead atoms. The van der Waals surface area contributed by atoms with Crippen LogP contribution in [0.2, 0.25) is 0 Å². The predicted molar refractivity (Wildman–Crippen MR) is 169 cm³/mol. The molecule has 0 aliphatic rings. The zero-order valence-corrected chi connectivity index (χ0v) is 26.9. The van der Waals surface area contributed by atoms with E-state index in [1.807, 2.05) is 65.0 Å². The summed E-state index contributed by atoms with van der Waals surface area (Å²) in [7, 11) is -1.36. The molecule has 3 aromatic carbocycles. The third kappa shape index (κ3) is 8.73. The zero-order chi connectivity index (χ0) is 31.8. The lowest BCUT2D eigenvalue weighted by molar-refractivity contribution is -0.140. The Bertz CT molecular complexity index is 1490. The Morgan fingerprint density at radius 3 is 2.09 bits per heavy atom. The lowest BCUT2D eigenvalue weighted by Crippen LogP contribution is -2.56. The summed E-state index contributed by atoms with van der Waals surface area (Å²) >= 11 is 0. The fourth-order valence-electron chi connectivity index (χ4n) is 4.69. The molecule has 0 saturated heterocycles. The number of hydrogen-bond donors (Lipinski definition) is 1. The quantitative estimate of drug-likeness (QED) is 0.293. The number of hydrogen-bond acceptors (Lipinski definition) is 6. The van der Waals surface area contributed by atoms with Crippen molar-refractivity contribution in [2.45, 2.75) is 63.9 Å². The van der Waals surface area contributed by atoms with E-state index in [9.17, 15) is 18.0 Å². The topological polar surface area (TPSA) is 105 Å². The number of rotatable bonds is 13. The number of benzene rings is 3. The Labute approximate surface area is 255 Å². The summed E-state index contributed by atoms with van der Waals surface area (Å²) in [6.07, 6.45) is 0.855. The van der Waals surface area contributed by atoms with Gasteiger partial charge in [-0.1, -0.05) is 55.0 Å². The minimum atomic E-state index is -4.25. The van der Waals surface area contributed by atoms with Crippen LogP contribution in [-0.2, 0) is 26.0 Å². The molecule has 1 atom stereocenters. The molecular formula is C33H43N3O6S. The molecule has 43 heavy (non-hydrogen) atoms. The van der Waals surface area contributed by atoms with E-state index in [1.165, 1.54) is 37.3 Å². The number of sulfonamides is 1. The van der Waals surface area contributed by atoms with Gasteiger partial charge in [-0.25, -0.2) is 8.42 Å². The molecule has 0 heterocycles. The Kier molecular flexibility index (Phi) is 11.2. The average molecular weight is 610 g/mol. The molecule has 3 aromatic rings. The summed E-state index contributed by atoms with van der Waals surface area (Å²) in [6.45, 7) is 9.10. The summed E-state index contributed by atoms with van der Waals surface area (Å²) in [5.41, 5.74) is 1.75. The maximum absolute atomic E-state index is 14.2. The first kappa shape index (κ1) is 33.5. The van der Waals surface area contributed by atoms with Crippen molar-refractivity contribution in [3.05, 3.63) is 83.9 Å². The fourth-order valence-corrected chi connectivity index (χ4v) is 6.12. The third-order valence-electron chi connectivity index (χ3n) is 6.91. The van der Waals surface area contributed by atoms with Gasteiger partial charge < -0.3 is 19.7 Å². The van der Waals surface area contributed by atoms with Crippen molar-refractivity contribution in [1.82, 2.24) is 10.2 Å². The molecule has 0 radical (unpaired) electrons. The zero-order valence-electron chi connectivity index (χ0n) is 26.1. The number of nitrogens with one attached hydrogen (secondary N) is 1. The molecule has 9 nitrogen and oxygen atoms in total. The van der Waals surface area contributed by atoms with Crippen LogP contribution in [0.25, 0.3) is 0 Å². The number of anilines is 1. The molecular weight excluding hydrogens is 566 g/mol. The number of nitrogens with zero attached hydrogens (tertiary/aromatic N) is 2. The molecule has 10 heteroatoms. The van der Waals surface area contributed by atoms with Crippen LogP contribution in [0.3, 0.4) is 0 Å². The van der Waals surface area contributed by atoms with E-state index in [4.69, 9.17) is 9.47 Å². The van der Waals surface area contributed by atoms with Gasteiger partial charge in [0.1, 0.15) is 12.6 Å². The summed E-state index contributed by atoms with van der Waals surface area (Å²) in [6, 6.07) is 20.1. The van der Waals surface area contributed by atoms with Gasteiger partial charge in [0.2, 0.25) is 11.8 Å². The van der Waals surface area contributed by atoms with E-state index < -0.39 is 34.1 Å². The second kappa shape index (κ2) is 14.4. The van der Waals surface area contributed by atoms with Gasteiger partial charge in [0.15, 0.2) is 11.5 Å². The molecule has 1 unspecified atom stereocenters. The first-order valence-electron chi connectivity index (χ1n) is 14.3. The highest BCUT2D eigenvalue weighted by Gasteiger charge is 2.34. The summed E-state index contributed by atoms with van der Waals surface area (Å²) in [4.78, 5) is 29.0. The van der Waals surface area contributed by atoms with Crippen LogP contribution in [0.1, 0.15) is 45.2 Å². The molecule has 2 amide bonds. The Balaban J connectivity index is 2.06. The number of carbonyl (C=O) groups is 2. The van der Waals surface area contributed by atoms with Crippen molar-refractivity contribution in [3.8, 4) is 11.5 Å². The predicted octanol–water partition coefficient (Wildman–Crippen LogP) is 4.97. The van der Waals surface area contributed by atoms with Crippen LogP contribution < -0.4 is 19.1 Å². The van der Waals surface area contributed by atoms with Gasteiger partial charge in [0.25, 0.3) is 10.0 Å². The largest absolute Gasteiger partial charge is 0.493 e. The number of methoxy groups -OCH3 is 2. The summed E-state index contributed by atoms with van der Waals surface area (Å²) < 4.78 is 40.0. The van der Waals surface area contributed by atoms with Crippen molar-refractivity contribution in [2.75, 3.05) is 31.6 Å². The van der Waals surface area contributed by atoms with Crippen LogP contribution in [-0.4, -0.2) is 64.0 Å².